The quantitative estimate of drug-likeness (QED) is 0.0211. The van der Waals surface area contributed by atoms with Crippen molar-refractivity contribution < 1.29 is 42.9 Å². The number of hydrogen-bond acceptors (Lipinski definition) is 7. The maximum Gasteiger partial charge on any atom is 0.361 e. The average molecular weight is 921 g/mol. The Bertz CT molecular complexity index is 1120. The summed E-state index contributed by atoms with van der Waals surface area (Å²) in [6.45, 7) is 4.84. The zero-order chi connectivity index (χ0) is 47.7. The molecule has 0 heterocycles. The number of ether oxygens (including phenoxy) is 4. The fraction of sp³-hybridized carbons (Fsp3) is 0.875. The minimum absolute atomic E-state index is 0.177. The molecule has 0 bridgehead atoms. The van der Waals surface area contributed by atoms with Gasteiger partial charge in [-0.15, -0.1) is 0 Å². The SMILES string of the molecule is CCCCCCC/C=C\C/C=C\CCCCCCCCCCCCCCCCCCCCCCCC(=O)OC(COC(=O)CCCCCCCCC)COC(OCC[N+](C)(C)C)C(=O)O. The van der Waals surface area contributed by atoms with Crippen LogP contribution in [0.4, 0.5) is 0 Å². The van der Waals surface area contributed by atoms with E-state index >= 15 is 0 Å². The van der Waals surface area contributed by atoms with Gasteiger partial charge in [0.25, 0.3) is 6.29 Å². The van der Waals surface area contributed by atoms with Crippen molar-refractivity contribution >= 4 is 17.9 Å². The second-order valence-electron chi connectivity index (χ2n) is 19.9. The van der Waals surface area contributed by atoms with Crippen molar-refractivity contribution in [3.05, 3.63) is 24.3 Å². The summed E-state index contributed by atoms with van der Waals surface area (Å²) in [5, 5.41) is 9.63. The van der Waals surface area contributed by atoms with E-state index in [0.717, 1.165) is 44.9 Å². The topological polar surface area (TPSA) is 108 Å². The van der Waals surface area contributed by atoms with Crippen LogP contribution >= 0.6 is 0 Å². The highest BCUT2D eigenvalue weighted by atomic mass is 16.7. The Labute approximate surface area is 401 Å². The minimum atomic E-state index is -1.50. The van der Waals surface area contributed by atoms with Crippen molar-refractivity contribution in [2.75, 3.05) is 47.5 Å². The molecule has 0 aliphatic heterocycles. The molecule has 65 heavy (non-hydrogen) atoms. The number of unbranched alkanes of at least 4 members (excludes halogenated alkanes) is 32. The maximum absolute atomic E-state index is 12.8. The highest BCUT2D eigenvalue weighted by Gasteiger charge is 2.25. The van der Waals surface area contributed by atoms with E-state index in [9.17, 15) is 19.5 Å². The van der Waals surface area contributed by atoms with Crippen LogP contribution in [0.3, 0.4) is 0 Å². The van der Waals surface area contributed by atoms with Crippen molar-refractivity contribution in [2.45, 2.75) is 270 Å². The van der Waals surface area contributed by atoms with E-state index in [0.29, 0.717) is 17.4 Å². The van der Waals surface area contributed by atoms with Crippen LogP contribution in [0, 0.1) is 0 Å². The summed E-state index contributed by atoms with van der Waals surface area (Å²) in [5.41, 5.74) is 0. The van der Waals surface area contributed by atoms with E-state index in [4.69, 9.17) is 18.9 Å². The van der Waals surface area contributed by atoms with E-state index in [1.54, 1.807) is 0 Å². The van der Waals surface area contributed by atoms with E-state index < -0.39 is 24.3 Å². The smallest absolute Gasteiger partial charge is 0.361 e. The molecule has 0 rings (SSSR count). The van der Waals surface area contributed by atoms with E-state index in [-0.39, 0.29) is 32.2 Å². The second-order valence-corrected chi connectivity index (χ2v) is 19.9. The fourth-order valence-electron chi connectivity index (χ4n) is 7.93. The molecule has 2 unspecified atom stereocenters. The zero-order valence-electron chi connectivity index (χ0n) is 43.4. The molecule has 0 aliphatic carbocycles. The largest absolute Gasteiger partial charge is 0.477 e. The second kappa shape index (κ2) is 48.2. The lowest BCUT2D eigenvalue weighted by molar-refractivity contribution is -0.870. The van der Waals surface area contributed by atoms with Crippen LogP contribution in [-0.2, 0) is 33.3 Å². The number of hydrogen-bond donors (Lipinski definition) is 1. The first-order valence-electron chi connectivity index (χ1n) is 27.5. The zero-order valence-corrected chi connectivity index (χ0v) is 43.4. The average Bonchev–Trinajstić information content (AvgIpc) is 3.27. The van der Waals surface area contributed by atoms with Gasteiger partial charge in [0, 0.05) is 12.8 Å². The summed E-state index contributed by atoms with van der Waals surface area (Å²) in [4.78, 5) is 37.0. The third-order valence-electron chi connectivity index (χ3n) is 12.2. The molecule has 0 spiro atoms. The van der Waals surface area contributed by atoms with Gasteiger partial charge in [0.15, 0.2) is 6.10 Å². The van der Waals surface area contributed by atoms with E-state index in [1.165, 1.54) is 186 Å². The summed E-state index contributed by atoms with van der Waals surface area (Å²) in [7, 11) is 5.96. The lowest BCUT2D eigenvalue weighted by atomic mass is 10.0. The maximum atomic E-state index is 12.8. The van der Waals surface area contributed by atoms with Crippen molar-refractivity contribution in [1.29, 1.82) is 0 Å². The molecular weight excluding hydrogens is 815 g/mol. The Morgan fingerprint density at radius 2 is 0.831 bits per heavy atom. The van der Waals surface area contributed by atoms with Crippen molar-refractivity contribution in [3.8, 4) is 0 Å². The molecule has 0 saturated carbocycles. The van der Waals surface area contributed by atoms with Crippen LogP contribution in [0.15, 0.2) is 24.3 Å². The van der Waals surface area contributed by atoms with E-state index in [2.05, 4.69) is 38.2 Å². The Kier molecular flexibility index (Phi) is 46.6. The monoisotopic (exact) mass is 921 g/mol. The number of allylic oxidation sites excluding steroid dienone is 4. The third kappa shape index (κ3) is 49.5. The molecule has 0 fully saturated rings. The number of carbonyl (C=O) groups excluding carboxylic acids is 2. The number of likely N-dealkylation sites (N-methyl/N-ethyl adjacent to an activating group) is 1. The van der Waals surface area contributed by atoms with Gasteiger partial charge in [0.2, 0.25) is 0 Å². The highest BCUT2D eigenvalue weighted by molar-refractivity contribution is 5.71. The Morgan fingerprint density at radius 1 is 0.462 bits per heavy atom. The summed E-state index contributed by atoms with van der Waals surface area (Å²) in [6.07, 6.45) is 53.0. The van der Waals surface area contributed by atoms with Gasteiger partial charge in [-0.05, 0) is 44.9 Å². The highest BCUT2D eigenvalue weighted by Crippen LogP contribution is 2.17. The molecule has 0 aromatic carbocycles. The number of esters is 2. The summed E-state index contributed by atoms with van der Waals surface area (Å²) in [6, 6.07) is 0. The van der Waals surface area contributed by atoms with Gasteiger partial charge in [-0.1, -0.05) is 224 Å². The van der Waals surface area contributed by atoms with Crippen LogP contribution in [-0.4, -0.2) is 87.4 Å². The molecule has 0 radical (unpaired) electrons. The first kappa shape index (κ1) is 62.8. The molecule has 0 aromatic heterocycles. The predicted octanol–water partition coefficient (Wildman–Crippen LogP) is 15.6. The van der Waals surface area contributed by atoms with Gasteiger partial charge in [-0.25, -0.2) is 4.79 Å². The van der Waals surface area contributed by atoms with Gasteiger partial charge in [-0.3, -0.25) is 9.59 Å². The molecule has 382 valence electrons. The predicted molar refractivity (Wildman–Crippen MR) is 272 cm³/mol. The van der Waals surface area contributed by atoms with Gasteiger partial charge in [0.1, 0.15) is 13.2 Å². The standard InChI is InChI=1S/C56H105NO8/c1-6-8-10-12-14-15-16-17-18-19-20-21-22-23-24-25-26-27-28-29-30-31-32-33-34-35-36-37-38-39-41-43-45-47-54(59)65-52(50-63-53(58)46-44-42-40-13-11-9-7-2)51-64-56(55(60)61)62-49-48-57(3,4)5/h16-17,19-20,52,56H,6-15,18,21-51H2,1-5H3/p+1/b17-16-,20-19-. The Hall–Kier alpha value is -2.23. The van der Waals surface area contributed by atoms with Crippen molar-refractivity contribution in [3.63, 3.8) is 0 Å². The summed E-state index contributed by atoms with van der Waals surface area (Å²) < 4.78 is 22.7. The van der Waals surface area contributed by atoms with Crippen molar-refractivity contribution in [2.24, 2.45) is 0 Å². The number of nitrogens with zero attached hydrogens (tertiary/aromatic N) is 1. The van der Waals surface area contributed by atoms with Crippen molar-refractivity contribution in [1.82, 2.24) is 0 Å². The number of carboxylic acids is 1. The number of rotatable bonds is 51. The van der Waals surface area contributed by atoms with Crippen LogP contribution < -0.4 is 0 Å². The number of quaternary nitrogens is 1. The molecular formula is C56H106NO8+. The molecule has 0 saturated heterocycles. The molecule has 0 aromatic rings. The molecule has 1 N–H and O–H groups in total. The Balaban J connectivity index is 3.93. The van der Waals surface area contributed by atoms with Gasteiger partial charge < -0.3 is 28.5 Å². The van der Waals surface area contributed by atoms with Gasteiger partial charge >= 0.3 is 17.9 Å². The molecule has 0 aliphatic rings. The summed E-state index contributed by atoms with van der Waals surface area (Å²) >= 11 is 0. The third-order valence-corrected chi connectivity index (χ3v) is 12.2. The van der Waals surface area contributed by atoms with Crippen LogP contribution in [0.2, 0.25) is 0 Å². The molecule has 9 heteroatoms. The van der Waals surface area contributed by atoms with Gasteiger partial charge in [0.05, 0.1) is 34.4 Å². The number of carbonyl (C=O) groups is 3. The first-order chi connectivity index (χ1) is 31.6. The molecule has 9 nitrogen and oxygen atoms in total. The van der Waals surface area contributed by atoms with Crippen LogP contribution in [0.1, 0.15) is 258 Å². The normalized spacial score (nSPS) is 12.9. The lowest BCUT2D eigenvalue weighted by Gasteiger charge is -2.25. The van der Waals surface area contributed by atoms with Gasteiger partial charge in [-0.2, -0.15) is 0 Å². The number of aliphatic carboxylic acids is 1. The minimum Gasteiger partial charge on any atom is -0.477 e. The number of carboxylic acid groups (broad SMARTS) is 1. The first-order valence-corrected chi connectivity index (χ1v) is 27.5. The van der Waals surface area contributed by atoms with Crippen LogP contribution in [0.5, 0.6) is 0 Å². The Morgan fingerprint density at radius 3 is 1.22 bits per heavy atom. The van der Waals surface area contributed by atoms with Crippen LogP contribution in [0.25, 0.3) is 0 Å². The molecule has 0 amide bonds. The fourth-order valence-corrected chi connectivity index (χ4v) is 7.93. The van der Waals surface area contributed by atoms with E-state index in [1.807, 2.05) is 21.1 Å². The lowest BCUT2D eigenvalue weighted by Crippen LogP contribution is -2.40. The summed E-state index contributed by atoms with van der Waals surface area (Å²) in [5.74, 6) is -2.00. The molecule has 2 atom stereocenters.